The van der Waals surface area contributed by atoms with Crippen molar-refractivity contribution in [2.45, 2.75) is 38.6 Å². The number of methoxy groups -OCH3 is 2. The molecule has 1 heterocycles. The maximum absolute atomic E-state index is 12.6. The summed E-state index contributed by atoms with van der Waals surface area (Å²) in [7, 11) is 3.10. The molecular weight excluding hydrogens is 408 g/mol. The van der Waals surface area contributed by atoms with Crippen molar-refractivity contribution in [3.63, 3.8) is 0 Å². The SMILES string of the molecule is COc1ccc(C(=O)NC2CCN(C(=O)CCCOc3ccc(C)cc3)CC2)cc1OC. The minimum absolute atomic E-state index is 0.0458. The number of benzene rings is 2. The van der Waals surface area contributed by atoms with Crippen LogP contribution in [0.1, 0.15) is 41.6 Å². The van der Waals surface area contributed by atoms with Crippen LogP contribution in [0.2, 0.25) is 0 Å². The van der Waals surface area contributed by atoms with E-state index in [0.29, 0.717) is 49.6 Å². The smallest absolute Gasteiger partial charge is 0.251 e. The molecule has 2 amide bonds. The molecule has 0 saturated carbocycles. The van der Waals surface area contributed by atoms with Gasteiger partial charge in [-0.25, -0.2) is 0 Å². The van der Waals surface area contributed by atoms with Crippen LogP contribution in [0.25, 0.3) is 0 Å². The van der Waals surface area contributed by atoms with Gasteiger partial charge < -0.3 is 24.4 Å². The molecule has 2 aromatic rings. The lowest BCUT2D eigenvalue weighted by atomic mass is 10.0. The monoisotopic (exact) mass is 440 g/mol. The highest BCUT2D eigenvalue weighted by Gasteiger charge is 2.24. The van der Waals surface area contributed by atoms with Crippen LogP contribution < -0.4 is 19.5 Å². The van der Waals surface area contributed by atoms with Gasteiger partial charge in [-0.05, 0) is 56.5 Å². The molecule has 0 bridgehead atoms. The van der Waals surface area contributed by atoms with Crippen molar-refractivity contribution >= 4 is 11.8 Å². The number of likely N-dealkylation sites (tertiary alicyclic amines) is 1. The molecule has 32 heavy (non-hydrogen) atoms. The first-order chi connectivity index (χ1) is 15.5. The molecule has 1 aliphatic rings. The Labute approximate surface area is 189 Å². The number of rotatable bonds is 9. The molecule has 1 fully saturated rings. The summed E-state index contributed by atoms with van der Waals surface area (Å²) >= 11 is 0. The van der Waals surface area contributed by atoms with Gasteiger partial charge in [-0.3, -0.25) is 9.59 Å². The largest absolute Gasteiger partial charge is 0.494 e. The van der Waals surface area contributed by atoms with Gasteiger partial charge in [0.1, 0.15) is 5.75 Å². The zero-order chi connectivity index (χ0) is 22.9. The summed E-state index contributed by atoms with van der Waals surface area (Å²) in [5.74, 6) is 1.92. The van der Waals surface area contributed by atoms with Crippen molar-refractivity contribution < 1.29 is 23.8 Å². The number of nitrogens with one attached hydrogen (secondary N) is 1. The summed E-state index contributed by atoms with van der Waals surface area (Å²) in [6, 6.07) is 13.1. The normalized spacial score (nSPS) is 14.0. The van der Waals surface area contributed by atoms with Crippen LogP contribution >= 0.6 is 0 Å². The molecule has 0 spiro atoms. The molecule has 0 aliphatic carbocycles. The van der Waals surface area contributed by atoms with Gasteiger partial charge in [0, 0.05) is 31.1 Å². The van der Waals surface area contributed by atoms with Crippen molar-refractivity contribution in [1.29, 1.82) is 0 Å². The lowest BCUT2D eigenvalue weighted by molar-refractivity contribution is -0.132. The number of amides is 2. The molecule has 172 valence electrons. The Bertz CT molecular complexity index is 905. The van der Waals surface area contributed by atoms with Crippen molar-refractivity contribution in [3.05, 3.63) is 53.6 Å². The molecule has 0 radical (unpaired) electrons. The van der Waals surface area contributed by atoms with Gasteiger partial charge >= 0.3 is 0 Å². The average Bonchev–Trinajstić information content (AvgIpc) is 2.82. The van der Waals surface area contributed by atoms with Crippen molar-refractivity contribution in [2.75, 3.05) is 33.9 Å². The summed E-state index contributed by atoms with van der Waals surface area (Å²) in [5, 5.41) is 3.06. The highest BCUT2D eigenvalue weighted by atomic mass is 16.5. The molecule has 7 heteroatoms. The minimum atomic E-state index is -0.149. The highest BCUT2D eigenvalue weighted by Crippen LogP contribution is 2.27. The van der Waals surface area contributed by atoms with Crippen LogP contribution in [0, 0.1) is 6.92 Å². The van der Waals surface area contributed by atoms with E-state index in [9.17, 15) is 9.59 Å². The van der Waals surface area contributed by atoms with Gasteiger partial charge in [0.15, 0.2) is 11.5 Å². The number of ether oxygens (including phenoxy) is 3. The van der Waals surface area contributed by atoms with E-state index in [-0.39, 0.29) is 17.9 Å². The van der Waals surface area contributed by atoms with Crippen LogP contribution in [0.4, 0.5) is 0 Å². The molecule has 0 unspecified atom stereocenters. The first kappa shape index (κ1) is 23.4. The van der Waals surface area contributed by atoms with Gasteiger partial charge in [0.2, 0.25) is 5.91 Å². The summed E-state index contributed by atoms with van der Waals surface area (Å²) in [5.41, 5.74) is 1.71. The maximum atomic E-state index is 12.6. The fraction of sp³-hybridized carbons (Fsp3) is 0.440. The molecule has 1 aliphatic heterocycles. The highest BCUT2D eigenvalue weighted by molar-refractivity contribution is 5.95. The number of aryl methyl sites for hydroxylation is 1. The summed E-state index contributed by atoms with van der Waals surface area (Å²) in [6.45, 7) is 3.85. The van der Waals surface area contributed by atoms with Crippen LogP contribution in [0.3, 0.4) is 0 Å². The van der Waals surface area contributed by atoms with E-state index >= 15 is 0 Å². The Balaban J connectivity index is 1.38. The van der Waals surface area contributed by atoms with Gasteiger partial charge in [-0.1, -0.05) is 17.7 Å². The van der Waals surface area contributed by atoms with E-state index in [1.807, 2.05) is 36.1 Å². The van der Waals surface area contributed by atoms with Gasteiger partial charge in [-0.15, -0.1) is 0 Å². The van der Waals surface area contributed by atoms with Crippen LogP contribution in [0.15, 0.2) is 42.5 Å². The van der Waals surface area contributed by atoms with E-state index in [0.717, 1.165) is 18.6 Å². The number of carbonyl (C=O) groups is 2. The third-order valence-electron chi connectivity index (χ3n) is 5.65. The summed E-state index contributed by atoms with van der Waals surface area (Å²) in [4.78, 5) is 27.0. The van der Waals surface area contributed by atoms with E-state index in [1.54, 1.807) is 32.4 Å². The predicted molar refractivity (Wildman–Crippen MR) is 123 cm³/mol. The van der Waals surface area contributed by atoms with Crippen molar-refractivity contribution in [3.8, 4) is 17.2 Å². The first-order valence-corrected chi connectivity index (χ1v) is 11.0. The second-order valence-corrected chi connectivity index (χ2v) is 7.96. The number of piperidine rings is 1. The molecule has 0 aromatic heterocycles. The Hall–Kier alpha value is -3.22. The average molecular weight is 441 g/mol. The molecule has 3 rings (SSSR count). The van der Waals surface area contributed by atoms with Crippen LogP contribution in [-0.4, -0.2) is 56.7 Å². The number of hydrogen-bond donors (Lipinski definition) is 1. The molecule has 0 atom stereocenters. The van der Waals surface area contributed by atoms with E-state index in [1.165, 1.54) is 5.56 Å². The summed E-state index contributed by atoms with van der Waals surface area (Å²) < 4.78 is 16.2. The quantitative estimate of drug-likeness (QED) is 0.603. The zero-order valence-corrected chi connectivity index (χ0v) is 19.1. The van der Waals surface area contributed by atoms with E-state index in [4.69, 9.17) is 14.2 Å². The van der Waals surface area contributed by atoms with E-state index in [2.05, 4.69) is 5.32 Å². The second-order valence-electron chi connectivity index (χ2n) is 7.96. The Morgan fingerprint density at radius 1 is 1.00 bits per heavy atom. The fourth-order valence-electron chi connectivity index (χ4n) is 3.73. The Morgan fingerprint density at radius 3 is 2.34 bits per heavy atom. The fourth-order valence-corrected chi connectivity index (χ4v) is 3.73. The van der Waals surface area contributed by atoms with Gasteiger partial charge in [0.05, 0.1) is 20.8 Å². The number of hydrogen-bond acceptors (Lipinski definition) is 5. The molecule has 2 aromatic carbocycles. The number of nitrogens with zero attached hydrogens (tertiary/aromatic N) is 1. The van der Waals surface area contributed by atoms with Crippen molar-refractivity contribution in [2.24, 2.45) is 0 Å². The van der Waals surface area contributed by atoms with Crippen molar-refractivity contribution in [1.82, 2.24) is 10.2 Å². The lowest BCUT2D eigenvalue weighted by Crippen LogP contribution is -2.46. The predicted octanol–water partition coefficient (Wildman–Crippen LogP) is 3.59. The molecule has 1 N–H and O–H groups in total. The molecule has 1 saturated heterocycles. The van der Waals surface area contributed by atoms with Crippen LogP contribution in [0.5, 0.6) is 17.2 Å². The van der Waals surface area contributed by atoms with E-state index < -0.39 is 0 Å². The lowest BCUT2D eigenvalue weighted by Gasteiger charge is -2.32. The first-order valence-electron chi connectivity index (χ1n) is 11.0. The summed E-state index contributed by atoms with van der Waals surface area (Å²) in [6.07, 6.45) is 2.63. The Kier molecular flexibility index (Phi) is 8.36. The molecule has 7 nitrogen and oxygen atoms in total. The van der Waals surface area contributed by atoms with Crippen LogP contribution in [-0.2, 0) is 4.79 Å². The topological polar surface area (TPSA) is 77.1 Å². The zero-order valence-electron chi connectivity index (χ0n) is 19.1. The second kappa shape index (κ2) is 11.4. The third kappa shape index (κ3) is 6.39. The number of carbonyl (C=O) groups excluding carboxylic acids is 2. The van der Waals surface area contributed by atoms with Gasteiger partial charge in [0.25, 0.3) is 5.91 Å². The van der Waals surface area contributed by atoms with Gasteiger partial charge in [-0.2, -0.15) is 0 Å². The Morgan fingerprint density at radius 2 is 1.69 bits per heavy atom. The standard InChI is InChI=1S/C25H32N2O5/c1-18-6-9-21(10-7-18)32-16-4-5-24(28)27-14-12-20(13-15-27)26-25(29)19-8-11-22(30-2)23(17-19)31-3/h6-11,17,20H,4-5,12-16H2,1-3H3,(H,26,29). The maximum Gasteiger partial charge on any atom is 0.251 e. The third-order valence-corrected chi connectivity index (χ3v) is 5.65. The minimum Gasteiger partial charge on any atom is -0.494 e. The molecular formula is C25H32N2O5.